The Hall–Kier alpha value is -2.86. The molecular weight excluding hydrogens is 248 g/mol. The molecule has 0 aliphatic heterocycles. The summed E-state index contributed by atoms with van der Waals surface area (Å²) in [4.78, 5) is 16.2. The Kier molecular flexibility index (Phi) is 3.06. The molecule has 0 fully saturated rings. The topological polar surface area (TPSA) is 34.9 Å². The third-order valence-corrected chi connectivity index (χ3v) is 3.04. The van der Waals surface area contributed by atoms with Crippen molar-refractivity contribution in [2.75, 3.05) is 0 Å². The van der Waals surface area contributed by atoms with Gasteiger partial charge in [0.15, 0.2) is 0 Å². The molecule has 96 valence electrons. The molecule has 0 aliphatic rings. The summed E-state index contributed by atoms with van der Waals surface area (Å²) in [7, 11) is 1.69. The van der Waals surface area contributed by atoms with E-state index in [4.69, 9.17) is 0 Å². The Morgan fingerprint density at radius 1 is 1.00 bits per heavy atom. The van der Waals surface area contributed by atoms with E-state index in [2.05, 4.69) is 16.8 Å². The third kappa shape index (κ3) is 2.32. The van der Waals surface area contributed by atoms with Gasteiger partial charge in [-0.2, -0.15) is 0 Å². The van der Waals surface area contributed by atoms with Gasteiger partial charge in [0.2, 0.25) is 0 Å². The van der Waals surface area contributed by atoms with Gasteiger partial charge in [-0.25, -0.2) is 4.98 Å². The molecule has 0 N–H and O–H groups in total. The standard InChI is InChI=1S/C17H12N2O/c1-19-12-18-16-11-14(9-10-15(16)17(19)20)8-7-13-5-3-2-4-6-13/h2-6,9-12H,1H3. The molecule has 0 saturated heterocycles. The van der Waals surface area contributed by atoms with Crippen molar-refractivity contribution in [1.82, 2.24) is 9.55 Å². The molecule has 1 heterocycles. The maximum atomic E-state index is 11.9. The molecule has 3 rings (SSSR count). The summed E-state index contributed by atoms with van der Waals surface area (Å²) < 4.78 is 1.47. The first-order chi connectivity index (χ1) is 9.74. The van der Waals surface area contributed by atoms with Crippen molar-refractivity contribution in [3.8, 4) is 11.8 Å². The molecule has 0 radical (unpaired) electrons. The average Bonchev–Trinajstić information content (AvgIpc) is 2.50. The minimum Gasteiger partial charge on any atom is -0.302 e. The predicted octanol–water partition coefficient (Wildman–Crippen LogP) is 2.33. The van der Waals surface area contributed by atoms with Crippen LogP contribution < -0.4 is 5.56 Å². The van der Waals surface area contributed by atoms with Gasteiger partial charge >= 0.3 is 0 Å². The highest BCUT2D eigenvalue weighted by atomic mass is 16.1. The average molecular weight is 260 g/mol. The fourth-order valence-corrected chi connectivity index (χ4v) is 1.95. The van der Waals surface area contributed by atoms with Crippen molar-refractivity contribution < 1.29 is 0 Å². The Morgan fingerprint density at radius 2 is 1.75 bits per heavy atom. The van der Waals surface area contributed by atoms with Crippen LogP contribution in [0.3, 0.4) is 0 Å². The largest absolute Gasteiger partial charge is 0.302 e. The minimum absolute atomic E-state index is 0.0439. The van der Waals surface area contributed by atoms with Gasteiger partial charge in [0.25, 0.3) is 5.56 Å². The van der Waals surface area contributed by atoms with Crippen LogP contribution in [-0.2, 0) is 7.05 Å². The monoisotopic (exact) mass is 260 g/mol. The molecule has 0 unspecified atom stereocenters. The van der Waals surface area contributed by atoms with Crippen LogP contribution in [-0.4, -0.2) is 9.55 Å². The Bertz CT molecular complexity index is 883. The number of fused-ring (bicyclic) bond motifs is 1. The Morgan fingerprint density at radius 3 is 2.55 bits per heavy atom. The van der Waals surface area contributed by atoms with E-state index in [1.807, 2.05) is 42.5 Å². The summed E-state index contributed by atoms with van der Waals surface area (Å²) >= 11 is 0. The number of hydrogen-bond donors (Lipinski definition) is 0. The number of hydrogen-bond acceptors (Lipinski definition) is 2. The van der Waals surface area contributed by atoms with Crippen LogP contribution in [0.15, 0.2) is 59.7 Å². The summed E-state index contributed by atoms with van der Waals surface area (Å²) in [5.41, 5.74) is 2.44. The highest BCUT2D eigenvalue weighted by molar-refractivity contribution is 5.79. The van der Waals surface area contributed by atoms with Crippen LogP contribution in [0, 0.1) is 11.8 Å². The maximum absolute atomic E-state index is 11.9. The molecule has 0 saturated carbocycles. The van der Waals surface area contributed by atoms with Crippen molar-refractivity contribution in [2.24, 2.45) is 7.05 Å². The first-order valence-electron chi connectivity index (χ1n) is 6.26. The van der Waals surface area contributed by atoms with E-state index in [-0.39, 0.29) is 5.56 Å². The molecule has 1 aromatic heterocycles. The SMILES string of the molecule is Cn1cnc2cc(C#Cc3ccccc3)ccc2c1=O. The van der Waals surface area contributed by atoms with Crippen molar-refractivity contribution in [2.45, 2.75) is 0 Å². The molecule has 20 heavy (non-hydrogen) atoms. The highest BCUT2D eigenvalue weighted by Gasteiger charge is 2.01. The van der Waals surface area contributed by atoms with Gasteiger partial charge in [-0.05, 0) is 30.3 Å². The van der Waals surface area contributed by atoms with Crippen molar-refractivity contribution >= 4 is 10.9 Å². The highest BCUT2D eigenvalue weighted by Crippen LogP contribution is 2.09. The lowest BCUT2D eigenvalue weighted by molar-refractivity contribution is 0.843. The van der Waals surface area contributed by atoms with E-state index < -0.39 is 0 Å². The van der Waals surface area contributed by atoms with Gasteiger partial charge < -0.3 is 4.57 Å². The first kappa shape index (κ1) is 12.2. The molecule has 0 spiro atoms. The molecule has 0 bridgehead atoms. The summed E-state index contributed by atoms with van der Waals surface area (Å²) in [5.74, 6) is 6.18. The number of rotatable bonds is 0. The fourth-order valence-electron chi connectivity index (χ4n) is 1.95. The number of nitrogens with zero attached hydrogens (tertiary/aromatic N) is 2. The van der Waals surface area contributed by atoms with Crippen LogP contribution in [0.1, 0.15) is 11.1 Å². The maximum Gasteiger partial charge on any atom is 0.260 e. The van der Waals surface area contributed by atoms with Crippen molar-refractivity contribution in [3.05, 3.63) is 76.3 Å². The first-order valence-corrected chi connectivity index (χ1v) is 6.26. The zero-order valence-electron chi connectivity index (χ0n) is 11.0. The van der Waals surface area contributed by atoms with E-state index in [9.17, 15) is 4.79 Å². The van der Waals surface area contributed by atoms with Gasteiger partial charge in [0.1, 0.15) is 0 Å². The Labute approximate surface area is 116 Å². The van der Waals surface area contributed by atoms with E-state index in [1.54, 1.807) is 13.1 Å². The molecule has 0 amide bonds. The van der Waals surface area contributed by atoms with Crippen LogP contribution in [0.2, 0.25) is 0 Å². The second-order valence-electron chi connectivity index (χ2n) is 4.51. The summed E-state index contributed by atoms with van der Waals surface area (Å²) in [6, 6.07) is 15.3. The van der Waals surface area contributed by atoms with Gasteiger partial charge in [-0.15, -0.1) is 0 Å². The zero-order chi connectivity index (χ0) is 13.9. The number of aromatic nitrogens is 2. The zero-order valence-corrected chi connectivity index (χ0v) is 11.0. The number of benzene rings is 2. The molecule has 0 aliphatic carbocycles. The predicted molar refractivity (Wildman–Crippen MR) is 79.4 cm³/mol. The van der Waals surface area contributed by atoms with E-state index in [0.717, 1.165) is 11.1 Å². The van der Waals surface area contributed by atoms with E-state index in [1.165, 1.54) is 10.9 Å². The molecular formula is C17H12N2O. The summed E-state index contributed by atoms with van der Waals surface area (Å²) in [6.07, 6.45) is 1.53. The minimum atomic E-state index is -0.0439. The Balaban J connectivity index is 2.05. The lowest BCUT2D eigenvalue weighted by Crippen LogP contribution is -2.16. The second-order valence-corrected chi connectivity index (χ2v) is 4.51. The van der Waals surface area contributed by atoms with Crippen LogP contribution in [0.4, 0.5) is 0 Å². The van der Waals surface area contributed by atoms with E-state index in [0.29, 0.717) is 10.9 Å². The third-order valence-electron chi connectivity index (χ3n) is 3.04. The van der Waals surface area contributed by atoms with Gasteiger partial charge in [0, 0.05) is 18.2 Å². The van der Waals surface area contributed by atoms with Gasteiger partial charge in [0.05, 0.1) is 17.2 Å². The van der Waals surface area contributed by atoms with Gasteiger partial charge in [-0.3, -0.25) is 4.79 Å². The molecule has 2 aromatic carbocycles. The number of aryl methyl sites for hydroxylation is 1. The smallest absolute Gasteiger partial charge is 0.260 e. The van der Waals surface area contributed by atoms with E-state index >= 15 is 0 Å². The molecule has 3 nitrogen and oxygen atoms in total. The van der Waals surface area contributed by atoms with Crippen LogP contribution in [0.25, 0.3) is 10.9 Å². The normalized spacial score (nSPS) is 10.1. The lowest BCUT2D eigenvalue weighted by atomic mass is 10.1. The quantitative estimate of drug-likeness (QED) is 0.581. The second kappa shape index (κ2) is 5.02. The van der Waals surface area contributed by atoms with Crippen molar-refractivity contribution in [1.29, 1.82) is 0 Å². The summed E-state index contributed by atoms with van der Waals surface area (Å²) in [5, 5.41) is 0.611. The lowest BCUT2D eigenvalue weighted by Gasteiger charge is -2.00. The van der Waals surface area contributed by atoms with Crippen LogP contribution in [0.5, 0.6) is 0 Å². The molecule has 0 atom stereocenters. The van der Waals surface area contributed by atoms with Gasteiger partial charge in [-0.1, -0.05) is 30.0 Å². The van der Waals surface area contributed by atoms with Crippen molar-refractivity contribution in [3.63, 3.8) is 0 Å². The molecule has 3 heteroatoms. The van der Waals surface area contributed by atoms with Crippen LogP contribution >= 0.6 is 0 Å². The molecule has 3 aromatic rings. The summed E-state index contributed by atoms with van der Waals surface area (Å²) in [6.45, 7) is 0. The fraction of sp³-hybridized carbons (Fsp3) is 0.0588.